The molecule has 0 unspecified atom stereocenters. The summed E-state index contributed by atoms with van der Waals surface area (Å²) in [5, 5.41) is 16.8. The number of halogens is 1. The van der Waals surface area contributed by atoms with Crippen molar-refractivity contribution in [2.75, 3.05) is 11.9 Å². The third-order valence-electron chi connectivity index (χ3n) is 3.25. The predicted octanol–water partition coefficient (Wildman–Crippen LogP) is 2.53. The maximum absolute atomic E-state index is 11.3. The SMILES string of the molecule is CN(Cc1ccccc1Cl)c1ccc(S(N)(=O)=O)cc1[N+](=O)[O-]. The highest BCUT2D eigenvalue weighted by molar-refractivity contribution is 7.89. The first-order chi connectivity index (χ1) is 10.7. The molecule has 0 heterocycles. The molecule has 23 heavy (non-hydrogen) atoms. The summed E-state index contributed by atoms with van der Waals surface area (Å²) in [6.07, 6.45) is 0. The van der Waals surface area contributed by atoms with Crippen LogP contribution in [-0.4, -0.2) is 20.4 Å². The number of nitrogens with two attached hydrogens (primary N) is 1. The van der Waals surface area contributed by atoms with Crippen LogP contribution in [0.3, 0.4) is 0 Å². The number of nitrogens with zero attached hydrogens (tertiary/aromatic N) is 2. The van der Waals surface area contributed by atoms with Crippen molar-refractivity contribution >= 4 is 33.0 Å². The molecule has 0 aliphatic carbocycles. The summed E-state index contributed by atoms with van der Waals surface area (Å²) in [5.74, 6) is 0. The Morgan fingerprint density at radius 1 is 1.26 bits per heavy atom. The average molecular weight is 356 g/mol. The van der Waals surface area contributed by atoms with E-state index in [9.17, 15) is 18.5 Å². The summed E-state index contributed by atoms with van der Waals surface area (Å²) in [4.78, 5) is 11.9. The van der Waals surface area contributed by atoms with E-state index in [0.29, 0.717) is 11.6 Å². The number of benzene rings is 2. The Balaban J connectivity index is 2.42. The van der Waals surface area contributed by atoms with Crippen molar-refractivity contribution in [1.82, 2.24) is 0 Å². The van der Waals surface area contributed by atoms with E-state index in [2.05, 4.69) is 0 Å². The third kappa shape index (κ3) is 3.98. The van der Waals surface area contributed by atoms with Gasteiger partial charge in [0.2, 0.25) is 10.0 Å². The second kappa shape index (κ2) is 6.53. The Morgan fingerprint density at radius 3 is 2.48 bits per heavy atom. The summed E-state index contributed by atoms with van der Waals surface area (Å²) in [7, 11) is -2.36. The smallest absolute Gasteiger partial charge is 0.293 e. The Labute approximate surface area is 138 Å². The predicted molar refractivity (Wildman–Crippen MR) is 88.0 cm³/mol. The molecular formula is C14H14ClN3O4S. The summed E-state index contributed by atoms with van der Waals surface area (Å²) < 4.78 is 22.7. The van der Waals surface area contributed by atoms with Gasteiger partial charge in [0.1, 0.15) is 5.69 Å². The molecule has 2 N–H and O–H groups in total. The first-order valence-corrected chi connectivity index (χ1v) is 8.38. The van der Waals surface area contributed by atoms with Gasteiger partial charge in [-0.05, 0) is 23.8 Å². The van der Waals surface area contributed by atoms with E-state index >= 15 is 0 Å². The van der Waals surface area contributed by atoms with Gasteiger partial charge in [-0.1, -0.05) is 29.8 Å². The van der Waals surface area contributed by atoms with E-state index < -0.39 is 14.9 Å². The highest BCUT2D eigenvalue weighted by atomic mass is 35.5. The van der Waals surface area contributed by atoms with E-state index in [0.717, 1.165) is 11.6 Å². The van der Waals surface area contributed by atoms with E-state index in [4.69, 9.17) is 16.7 Å². The lowest BCUT2D eigenvalue weighted by atomic mass is 10.2. The fourth-order valence-corrected chi connectivity index (χ4v) is 2.85. The zero-order valence-electron chi connectivity index (χ0n) is 12.1. The van der Waals surface area contributed by atoms with Gasteiger partial charge >= 0.3 is 0 Å². The zero-order valence-corrected chi connectivity index (χ0v) is 13.7. The van der Waals surface area contributed by atoms with Crippen LogP contribution in [-0.2, 0) is 16.6 Å². The van der Waals surface area contributed by atoms with Crippen LogP contribution >= 0.6 is 11.6 Å². The number of anilines is 1. The van der Waals surface area contributed by atoms with Crippen LogP contribution in [0.25, 0.3) is 0 Å². The normalized spacial score (nSPS) is 11.3. The molecule has 2 rings (SSSR count). The Hall–Kier alpha value is -2.16. The van der Waals surface area contributed by atoms with Gasteiger partial charge in [0, 0.05) is 24.7 Å². The summed E-state index contributed by atoms with van der Waals surface area (Å²) >= 11 is 6.09. The van der Waals surface area contributed by atoms with Crippen LogP contribution in [0.2, 0.25) is 5.02 Å². The molecule has 0 spiro atoms. The van der Waals surface area contributed by atoms with Gasteiger partial charge in [0.05, 0.1) is 9.82 Å². The minimum Gasteiger partial charge on any atom is -0.365 e. The molecule has 0 aliphatic rings. The minimum atomic E-state index is -4.01. The van der Waals surface area contributed by atoms with Crippen LogP contribution in [0.4, 0.5) is 11.4 Å². The second-order valence-corrected chi connectivity index (χ2v) is 6.87. The first kappa shape index (κ1) is 17.2. The van der Waals surface area contributed by atoms with Crippen LogP contribution in [0.15, 0.2) is 47.4 Å². The molecule has 2 aromatic rings. The lowest BCUT2D eigenvalue weighted by Crippen LogP contribution is -2.19. The summed E-state index contributed by atoms with van der Waals surface area (Å²) in [5.41, 5.74) is 0.717. The molecule has 0 saturated heterocycles. The summed E-state index contributed by atoms with van der Waals surface area (Å²) in [6.45, 7) is 0.329. The highest BCUT2D eigenvalue weighted by Crippen LogP contribution is 2.31. The zero-order chi connectivity index (χ0) is 17.2. The lowest BCUT2D eigenvalue weighted by molar-refractivity contribution is -0.384. The van der Waals surface area contributed by atoms with Gasteiger partial charge in [0.25, 0.3) is 5.69 Å². The molecular weight excluding hydrogens is 342 g/mol. The molecule has 0 bridgehead atoms. The van der Waals surface area contributed by atoms with Gasteiger partial charge in [-0.25, -0.2) is 13.6 Å². The van der Waals surface area contributed by atoms with Crippen molar-refractivity contribution in [3.05, 3.63) is 63.2 Å². The number of hydrogen-bond acceptors (Lipinski definition) is 5. The van der Waals surface area contributed by atoms with Crippen LogP contribution < -0.4 is 10.0 Å². The van der Waals surface area contributed by atoms with Crippen molar-refractivity contribution in [2.45, 2.75) is 11.4 Å². The number of nitro benzene ring substituents is 1. The lowest BCUT2D eigenvalue weighted by Gasteiger charge is -2.20. The van der Waals surface area contributed by atoms with Gasteiger partial charge < -0.3 is 4.90 Å². The monoisotopic (exact) mass is 355 g/mol. The molecule has 0 aromatic heterocycles. The number of sulfonamides is 1. The fourth-order valence-electron chi connectivity index (χ4n) is 2.12. The number of rotatable bonds is 5. The van der Waals surface area contributed by atoms with Gasteiger partial charge in [-0.3, -0.25) is 10.1 Å². The van der Waals surface area contributed by atoms with E-state index in [1.54, 1.807) is 24.1 Å². The van der Waals surface area contributed by atoms with Crippen LogP contribution in [0.1, 0.15) is 5.56 Å². The Morgan fingerprint density at radius 2 is 1.91 bits per heavy atom. The van der Waals surface area contributed by atoms with E-state index in [1.165, 1.54) is 12.1 Å². The van der Waals surface area contributed by atoms with Crippen LogP contribution in [0.5, 0.6) is 0 Å². The van der Waals surface area contributed by atoms with Crippen molar-refractivity contribution in [3.8, 4) is 0 Å². The number of nitro groups is 1. The molecule has 0 aliphatic heterocycles. The van der Waals surface area contributed by atoms with Crippen molar-refractivity contribution in [3.63, 3.8) is 0 Å². The highest BCUT2D eigenvalue weighted by Gasteiger charge is 2.21. The van der Waals surface area contributed by atoms with E-state index in [1.807, 2.05) is 12.1 Å². The van der Waals surface area contributed by atoms with Crippen molar-refractivity contribution < 1.29 is 13.3 Å². The van der Waals surface area contributed by atoms with Gasteiger partial charge in [-0.2, -0.15) is 0 Å². The molecule has 0 fully saturated rings. The Bertz CT molecular complexity index is 855. The topological polar surface area (TPSA) is 107 Å². The second-order valence-electron chi connectivity index (χ2n) is 4.90. The molecule has 0 amide bonds. The van der Waals surface area contributed by atoms with Gasteiger partial charge in [0.15, 0.2) is 0 Å². The fraction of sp³-hybridized carbons (Fsp3) is 0.143. The molecule has 2 aromatic carbocycles. The first-order valence-electron chi connectivity index (χ1n) is 6.46. The molecule has 0 radical (unpaired) electrons. The third-order valence-corrected chi connectivity index (χ3v) is 4.53. The van der Waals surface area contributed by atoms with Gasteiger partial charge in [-0.15, -0.1) is 0 Å². The molecule has 7 nitrogen and oxygen atoms in total. The summed E-state index contributed by atoms with van der Waals surface area (Å²) in [6, 6.07) is 10.7. The van der Waals surface area contributed by atoms with Crippen molar-refractivity contribution in [2.24, 2.45) is 5.14 Å². The maximum atomic E-state index is 11.3. The van der Waals surface area contributed by atoms with Crippen molar-refractivity contribution in [1.29, 1.82) is 0 Å². The molecule has 0 saturated carbocycles. The molecule has 9 heteroatoms. The maximum Gasteiger partial charge on any atom is 0.293 e. The number of hydrogen-bond donors (Lipinski definition) is 1. The minimum absolute atomic E-state index is 0.266. The molecule has 122 valence electrons. The standard InChI is InChI=1S/C14H14ClN3O4S/c1-17(9-10-4-2-3-5-12(10)15)13-7-6-11(23(16,21)22)8-14(13)18(19)20/h2-8H,9H2,1H3,(H2,16,21,22). The molecule has 0 atom stereocenters. The van der Waals surface area contributed by atoms with E-state index in [-0.39, 0.29) is 16.3 Å². The average Bonchev–Trinajstić information content (AvgIpc) is 2.48. The Kier molecular flexibility index (Phi) is 4.88. The van der Waals surface area contributed by atoms with Crippen LogP contribution in [0, 0.1) is 10.1 Å². The largest absolute Gasteiger partial charge is 0.365 e. The number of primary sulfonamides is 1. The quantitative estimate of drug-likeness (QED) is 0.655.